The van der Waals surface area contributed by atoms with Crippen LogP contribution in [0.1, 0.15) is 0 Å². The molecule has 5 rings (SSSR count). The molecule has 1 aromatic carbocycles. The van der Waals surface area contributed by atoms with Crippen LogP contribution in [0.15, 0.2) is 65.8 Å². The number of sulfonamides is 1. The highest BCUT2D eigenvalue weighted by Crippen LogP contribution is 2.22. The maximum atomic E-state index is 12.8. The zero-order chi connectivity index (χ0) is 25.3. The predicted molar refractivity (Wildman–Crippen MR) is 141 cm³/mol. The third kappa shape index (κ3) is 5.29. The number of rotatable bonds is 6. The van der Waals surface area contributed by atoms with Crippen molar-refractivity contribution in [2.24, 2.45) is 0 Å². The second kappa shape index (κ2) is 9.55. The minimum atomic E-state index is -3.40. The van der Waals surface area contributed by atoms with Crippen LogP contribution in [0.25, 0.3) is 16.7 Å². The highest BCUT2D eigenvalue weighted by molar-refractivity contribution is 7.92. The molecular formula is C24H26N8O3S. The van der Waals surface area contributed by atoms with Gasteiger partial charge in [0.15, 0.2) is 0 Å². The molecule has 4 aromatic rings. The van der Waals surface area contributed by atoms with Gasteiger partial charge in [0, 0.05) is 43.6 Å². The van der Waals surface area contributed by atoms with Gasteiger partial charge in [-0.2, -0.15) is 0 Å². The molecule has 3 aromatic heterocycles. The van der Waals surface area contributed by atoms with Crippen LogP contribution < -0.4 is 20.5 Å². The first-order valence-corrected chi connectivity index (χ1v) is 13.3. The quantitative estimate of drug-likeness (QED) is 0.404. The van der Waals surface area contributed by atoms with E-state index in [4.69, 9.17) is 0 Å². The van der Waals surface area contributed by atoms with Gasteiger partial charge in [0.1, 0.15) is 17.2 Å². The standard InChI is InChI=1S/C24H26N8O3S/c1-30-9-11-31(12-10-30)19-7-8-22(26-14-19)28-23-13-21-20(15-27-23)25-16-24(33)32(21)18-5-3-17(4-6-18)29-36(2,34)35/h3-8,13-16,29H,9-12H2,1-2H3,(H,26,27,28). The lowest BCUT2D eigenvalue weighted by Gasteiger charge is -2.33. The maximum Gasteiger partial charge on any atom is 0.274 e. The molecule has 0 radical (unpaired) electrons. The number of hydrogen-bond donors (Lipinski definition) is 2. The molecule has 1 saturated heterocycles. The minimum Gasteiger partial charge on any atom is -0.368 e. The molecule has 1 fully saturated rings. The number of fused-ring (bicyclic) bond motifs is 1. The molecule has 0 spiro atoms. The number of nitrogens with zero attached hydrogens (tertiary/aromatic N) is 6. The number of benzene rings is 1. The van der Waals surface area contributed by atoms with E-state index in [0.717, 1.165) is 38.1 Å². The van der Waals surface area contributed by atoms with Crippen molar-refractivity contribution in [2.75, 3.05) is 54.4 Å². The summed E-state index contributed by atoms with van der Waals surface area (Å²) in [6.07, 6.45) is 5.75. The summed E-state index contributed by atoms with van der Waals surface area (Å²) < 4.78 is 26.9. The molecule has 36 heavy (non-hydrogen) atoms. The number of pyridine rings is 2. The monoisotopic (exact) mass is 506 g/mol. The third-order valence-corrected chi connectivity index (χ3v) is 6.54. The van der Waals surface area contributed by atoms with E-state index in [1.165, 1.54) is 10.8 Å². The molecule has 11 nitrogen and oxygen atoms in total. The molecule has 0 unspecified atom stereocenters. The Morgan fingerprint density at radius 2 is 1.53 bits per heavy atom. The van der Waals surface area contributed by atoms with E-state index in [-0.39, 0.29) is 5.56 Å². The number of hydrogen-bond acceptors (Lipinski definition) is 9. The van der Waals surface area contributed by atoms with Crippen LogP contribution >= 0.6 is 0 Å². The van der Waals surface area contributed by atoms with Crippen LogP contribution in [0, 0.1) is 0 Å². The van der Waals surface area contributed by atoms with E-state index < -0.39 is 10.0 Å². The van der Waals surface area contributed by atoms with Gasteiger partial charge in [0.25, 0.3) is 5.56 Å². The molecule has 0 aliphatic carbocycles. The van der Waals surface area contributed by atoms with E-state index in [9.17, 15) is 13.2 Å². The van der Waals surface area contributed by atoms with Crippen LogP contribution in [0.3, 0.4) is 0 Å². The van der Waals surface area contributed by atoms with Crippen molar-refractivity contribution < 1.29 is 8.42 Å². The first-order chi connectivity index (χ1) is 17.2. The summed E-state index contributed by atoms with van der Waals surface area (Å²) in [7, 11) is -1.28. The lowest BCUT2D eigenvalue weighted by atomic mass is 10.2. The normalized spacial score (nSPS) is 14.7. The molecule has 2 N–H and O–H groups in total. The van der Waals surface area contributed by atoms with E-state index in [1.54, 1.807) is 36.5 Å². The van der Waals surface area contributed by atoms with Gasteiger partial charge in [-0.05, 0) is 43.4 Å². The number of aromatic nitrogens is 4. The largest absolute Gasteiger partial charge is 0.368 e. The SMILES string of the molecule is CN1CCN(c2ccc(Nc3cc4c(cn3)ncc(=O)n4-c3ccc(NS(C)(=O)=O)cc3)nc2)CC1. The molecule has 1 aliphatic heterocycles. The Labute approximate surface area is 208 Å². The van der Waals surface area contributed by atoms with Gasteiger partial charge in [-0.25, -0.2) is 23.4 Å². The predicted octanol–water partition coefficient (Wildman–Crippen LogP) is 2.04. The van der Waals surface area contributed by atoms with E-state index in [1.807, 2.05) is 18.3 Å². The zero-order valence-corrected chi connectivity index (χ0v) is 20.7. The first kappa shape index (κ1) is 23.7. The van der Waals surface area contributed by atoms with Crippen molar-refractivity contribution in [1.82, 2.24) is 24.4 Å². The van der Waals surface area contributed by atoms with Gasteiger partial charge in [-0.3, -0.25) is 14.1 Å². The Morgan fingerprint density at radius 1 is 0.833 bits per heavy atom. The van der Waals surface area contributed by atoms with Gasteiger partial charge in [0.2, 0.25) is 10.0 Å². The van der Waals surface area contributed by atoms with Crippen LogP contribution in [0.2, 0.25) is 0 Å². The van der Waals surface area contributed by atoms with Crippen molar-refractivity contribution in [3.8, 4) is 5.69 Å². The minimum absolute atomic E-state index is 0.321. The van der Waals surface area contributed by atoms with Crippen molar-refractivity contribution in [3.05, 3.63) is 71.4 Å². The van der Waals surface area contributed by atoms with Gasteiger partial charge in [-0.15, -0.1) is 0 Å². The van der Waals surface area contributed by atoms with E-state index in [0.29, 0.717) is 34.0 Å². The fourth-order valence-electron chi connectivity index (χ4n) is 4.09. The average molecular weight is 507 g/mol. The third-order valence-electron chi connectivity index (χ3n) is 5.94. The molecule has 0 atom stereocenters. The van der Waals surface area contributed by atoms with Gasteiger partial charge >= 0.3 is 0 Å². The number of likely N-dealkylation sites (N-methyl/N-ethyl adjacent to an activating group) is 1. The number of nitrogens with one attached hydrogen (secondary N) is 2. The summed E-state index contributed by atoms with van der Waals surface area (Å²) in [5, 5.41) is 3.20. The Hall–Kier alpha value is -4.03. The highest BCUT2D eigenvalue weighted by Gasteiger charge is 2.15. The molecule has 4 heterocycles. The summed E-state index contributed by atoms with van der Waals surface area (Å²) in [4.78, 5) is 30.5. The lowest BCUT2D eigenvalue weighted by molar-refractivity contribution is 0.313. The zero-order valence-electron chi connectivity index (χ0n) is 19.9. The fourth-order valence-corrected chi connectivity index (χ4v) is 4.65. The fraction of sp³-hybridized carbons (Fsp3) is 0.250. The summed E-state index contributed by atoms with van der Waals surface area (Å²) >= 11 is 0. The molecule has 12 heteroatoms. The summed E-state index contributed by atoms with van der Waals surface area (Å²) in [6, 6.07) is 12.2. The van der Waals surface area contributed by atoms with Crippen molar-refractivity contribution in [2.45, 2.75) is 0 Å². The van der Waals surface area contributed by atoms with Crippen molar-refractivity contribution in [1.29, 1.82) is 0 Å². The Bertz CT molecular complexity index is 1550. The summed E-state index contributed by atoms with van der Waals surface area (Å²) in [6.45, 7) is 3.97. The topological polar surface area (TPSA) is 125 Å². The van der Waals surface area contributed by atoms with Crippen LogP contribution in [-0.2, 0) is 10.0 Å². The first-order valence-electron chi connectivity index (χ1n) is 11.4. The molecule has 0 amide bonds. The lowest BCUT2D eigenvalue weighted by Crippen LogP contribution is -2.44. The van der Waals surface area contributed by atoms with Crippen LogP contribution in [-0.4, -0.2) is 72.3 Å². The van der Waals surface area contributed by atoms with E-state index in [2.05, 4.69) is 41.8 Å². The van der Waals surface area contributed by atoms with Gasteiger partial charge in [0.05, 0.1) is 36.1 Å². The van der Waals surface area contributed by atoms with Crippen LogP contribution in [0.4, 0.5) is 23.0 Å². The van der Waals surface area contributed by atoms with Crippen molar-refractivity contribution in [3.63, 3.8) is 0 Å². The molecule has 186 valence electrons. The summed E-state index contributed by atoms with van der Waals surface area (Å²) in [5.74, 6) is 1.15. The van der Waals surface area contributed by atoms with Gasteiger partial charge in [-0.1, -0.05) is 0 Å². The van der Waals surface area contributed by atoms with Crippen molar-refractivity contribution >= 4 is 44.1 Å². The second-order valence-corrected chi connectivity index (χ2v) is 10.5. The van der Waals surface area contributed by atoms with E-state index >= 15 is 0 Å². The molecular weight excluding hydrogens is 480 g/mol. The highest BCUT2D eigenvalue weighted by atomic mass is 32.2. The maximum absolute atomic E-state index is 12.8. The molecule has 0 bridgehead atoms. The molecule has 0 saturated carbocycles. The average Bonchev–Trinajstić information content (AvgIpc) is 2.85. The van der Waals surface area contributed by atoms with Crippen LogP contribution in [0.5, 0.6) is 0 Å². The smallest absolute Gasteiger partial charge is 0.274 e. The van der Waals surface area contributed by atoms with Gasteiger partial charge < -0.3 is 15.1 Å². The summed E-state index contributed by atoms with van der Waals surface area (Å²) in [5.41, 5.74) is 2.82. The number of anilines is 4. The Morgan fingerprint density at radius 3 is 2.19 bits per heavy atom. The Balaban J connectivity index is 1.41. The number of piperazine rings is 1. The Kier molecular flexibility index (Phi) is 6.29. The second-order valence-electron chi connectivity index (χ2n) is 8.73. The molecule has 1 aliphatic rings.